The molecule has 2 aliphatic carbocycles. The number of fused-ring (bicyclic) bond motifs is 3. The van der Waals surface area contributed by atoms with E-state index >= 15 is 4.79 Å². The molecule has 6 rings (SSSR count). The molecule has 2 aliphatic heterocycles. The maximum Gasteiger partial charge on any atom is 0.240 e. The van der Waals surface area contributed by atoms with Gasteiger partial charge in [-0.2, -0.15) is 0 Å². The molecule has 46 heavy (non-hydrogen) atoms. The van der Waals surface area contributed by atoms with Gasteiger partial charge in [0.25, 0.3) is 0 Å². The molecule has 2 N–H and O–H groups in total. The third-order valence-electron chi connectivity index (χ3n) is 11.4. The van der Waals surface area contributed by atoms with Crippen LogP contribution in [0.4, 0.5) is 5.69 Å². The molecule has 2 saturated carbocycles. The summed E-state index contributed by atoms with van der Waals surface area (Å²) >= 11 is 13.3. The summed E-state index contributed by atoms with van der Waals surface area (Å²) in [5.41, 5.74) is 0.385. The first kappa shape index (κ1) is 33.3. The van der Waals surface area contributed by atoms with Crippen LogP contribution in [-0.2, 0) is 15.0 Å². The lowest BCUT2D eigenvalue weighted by molar-refractivity contribution is -0.131. The van der Waals surface area contributed by atoms with Crippen LogP contribution in [0.15, 0.2) is 42.5 Å². The number of rotatable bonds is 10. The van der Waals surface area contributed by atoms with Crippen LogP contribution in [0.1, 0.15) is 107 Å². The Bertz CT molecular complexity index is 1500. The van der Waals surface area contributed by atoms with E-state index in [1.54, 1.807) is 0 Å². The van der Waals surface area contributed by atoms with Gasteiger partial charge in [-0.15, -0.1) is 12.3 Å². The Kier molecular flexibility index (Phi) is 9.53. The lowest BCUT2D eigenvalue weighted by Crippen LogP contribution is -2.62. The van der Waals surface area contributed by atoms with Crippen molar-refractivity contribution in [1.82, 2.24) is 10.2 Å². The Morgan fingerprint density at radius 3 is 2.41 bits per heavy atom. The first-order chi connectivity index (χ1) is 22.1. The van der Waals surface area contributed by atoms with Gasteiger partial charge in [0.2, 0.25) is 11.8 Å². The summed E-state index contributed by atoms with van der Waals surface area (Å²) in [5, 5.41) is 14.9. The summed E-state index contributed by atoms with van der Waals surface area (Å²) in [7, 11) is 2.06. The summed E-state index contributed by atoms with van der Waals surface area (Å²) in [5.74, 6) is 2.22. The van der Waals surface area contributed by atoms with Crippen molar-refractivity contribution in [1.29, 1.82) is 0 Å². The molecule has 2 aromatic rings. The van der Waals surface area contributed by atoms with E-state index in [0.717, 1.165) is 87.4 Å². The summed E-state index contributed by atoms with van der Waals surface area (Å²) in [6, 6.07) is 13.0. The van der Waals surface area contributed by atoms with Crippen molar-refractivity contribution in [2.75, 3.05) is 18.5 Å². The Labute approximate surface area is 284 Å². The van der Waals surface area contributed by atoms with E-state index in [9.17, 15) is 9.90 Å². The molecule has 2 spiro atoms. The minimum absolute atomic E-state index is 0.0673. The Hall–Kier alpha value is -2.56. The van der Waals surface area contributed by atoms with Crippen LogP contribution in [0.2, 0.25) is 10.0 Å². The van der Waals surface area contributed by atoms with E-state index in [1.807, 2.05) is 48.2 Å². The first-order valence-corrected chi connectivity index (χ1v) is 17.9. The third kappa shape index (κ3) is 5.56. The predicted octanol–water partition coefficient (Wildman–Crippen LogP) is 7.38. The standard InChI is InChI=1S/C38H47Cl2N3O3/c1-4-5-6-7-8-9-13-21-43-31-23-28(40)17-18-30(31)38(35(43)45)32(26-15-14-16-27(39)22-26)33(34(44)41-29-24-36(2,46)25-29)42(3)37(38)19-11-10-12-20-37/h1,14-18,22-23,29,32-33,46H,5-13,19-21,24-25H2,2-3H3,(H,41,44)/t29?,32-,33+,36?,38+/m0/s1. The van der Waals surface area contributed by atoms with Gasteiger partial charge < -0.3 is 15.3 Å². The molecule has 3 atom stereocenters. The quantitative estimate of drug-likeness (QED) is 0.206. The fourth-order valence-corrected chi connectivity index (χ4v) is 9.89. The molecule has 0 bridgehead atoms. The molecule has 0 unspecified atom stereocenters. The molecule has 4 aliphatic rings. The number of anilines is 1. The zero-order valence-electron chi connectivity index (χ0n) is 27.2. The number of carbonyl (C=O) groups is 2. The number of halogens is 2. The van der Waals surface area contributed by atoms with E-state index in [2.05, 4.69) is 29.3 Å². The van der Waals surface area contributed by atoms with Crippen molar-refractivity contribution in [2.45, 2.75) is 125 Å². The van der Waals surface area contributed by atoms with Crippen LogP contribution >= 0.6 is 23.2 Å². The van der Waals surface area contributed by atoms with Crippen molar-refractivity contribution in [2.24, 2.45) is 0 Å². The number of hydrogen-bond donors (Lipinski definition) is 2. The molecule has 246 valence electrons. The number of carbonyl (C=O) groups excluding carboxylic acids is 2. The van der Waals surface area contributed by atoms with Gasteiger partial charge in [-0.25, -0.2) is 0 Å². The van der Waals surface area contributed by atoms with Gasteiger partial charge in [-0.3, -0.25) is 14.5 Å². The lowest BCUT2D eigenvalue weighted by atomic mass is 9.55. The van der Waals surface area contributed by atoms with Crippen molar-refractivity contribution < 1.29 is 14.7 Å². The van der Waals surface area contributed by atoms with Gasteiger partial charge in [0.1, 0.15) is 5.41 Å². The van der Waals surface area contributed by atoms with Crippen molar-refractivity contribution in [3.05, 3.63) is 63.6 Å². The molecule has 2 amide bonds. The maximum absolute atomic E-state index is 15.6. The molecule has 6 nitrogen and oxygen atoms in total. The summed E-state index contributed by atoms with van der Waals surface area (Å²) < 4.78 is 0. The minimum atomic E-state index is -1.01. The van der Waals surface area contributed by atoms with Crippen LogP contribution in [0.25, 0.3) is 0 Å². The largest absolute Gasteiger partial charge is 0.390 e. The molecular weight excluding hydrogens is 617 g/mol. The van der Waals surface area contributed by atoms with Gasteiger partial charge in [0.15, 0.2) is 0 Å². The van der Waals surface area contributed by atoms with Crippen molar-refractivity contribution >= 4 is 40.7 Å². The molecule has 0 aromatic heterocycles. The van der Waals surface area contributed by atoms with Crippen LogP contribution in [0.5, 0.6) is 0 Å². The summed E-state index contributed by atoms with van der Waals surface area (Å²) in [6.07, 6.45) is 17.1. The number of amides is 2. The number of hydrogen-bond acceptors (Lipinski definition) is 4. The van der Waals surface area contributed by atoms with Crippen molar-refractivity contribution in [3.8, 4) is 12.3 Å². The fourth-order valence-electron chi connectivity index (χ4n) is 9.53. The van der Waals surface area contributed by atoms with Crippen LogP contribution in [-0.4, -0.2) is 58.6 Å². The SMILES string of the molecule is C#CCCCCCCCN1C(=O)[C@@]2(c3ccc(Cl)cc31)[C@@H](c1cccc(Cl)c1)[C@H](C(=O)NC1CC(C)(O)C1)N(C)C21CCCCC1. The van der Waals surface area contributed by atoms with Crippen LogP contribution in [0, 0.1) is 12.3 Å². The number of likely N-dealkylation sites (tertiary alicyclic amines) is 1. The minimum Gasteiger partial charge on any atom is -0.390 e. The number of nitrogens with zero attached hydrogens (tertiary/aromatic N) is 2. The Balaban J connectivity index is 1.46. The first-order valence-electron chi connectivity index (χ1n) is 17.1. The second-order valence-corrected chi connectivity index (χ2v) is 15.3. The predicted molar refractivity (Wildman–Crippen MR) is 185 cm³/mol. The highest BCUT2D eigenvalue weighted by molar-refractivity contribution is 6.31. The Morgan fingerprint density at radius 2 is 1.72 bits per heavy atom. The van der Waals surface area contributed by atoms with Gasteiger partial charge in [0, 0.05) is 46.2 Å². The van der Waals surface area contributed by atoms with Gasteiger partial charge in [-0.1, -0.05) is 79.9 Å². The molecule has 0 radical (unpaired) electrons. The number of benzene rings is 2. The zero-order valence-corrected chi connectivity index (χ0v) is 28.7. The second kappa shape index (κ2) is 13.2. The molecule has 2 aromatic carbocycles. The van der Waals surface area contributed by atoms with E-state index in [-0.39, 0.29) is 17.9 Å². The summed E-state index contributed by atoms with van der Waals surface area (Å²) in [4.78, 5) is 34.4. The van der Waals surface area contributed by atoms with Gasteiger partial charge in [-0.05, 0) is 87.9 Å². The van der Waals surface area contributed by atoms with E-state index in [1.165, 1.54) is 0 Å². The van der Waals surface area contributed by atoms with Gasteiger partial charge >= 0.3 is 0 Å². The number of nitrogens with one attached hydrogen (secondary N) is 1. The Morgan fingerprint density at radius 1 is 1.02 bits per heavy atom. The molecular formula is C38H47Cl2N3O3. The fraction of sp³-hybridized carbons (Fsp3) is 0.579. The van der Waals surface area contributed by atoms with Crippen molar-refractivity contribution in [3.63, 3.8) is 0 Å². The third-order valence-corrected chi connectivity index (χ3v) is 11.9. The van der Waals surface area contributed by atoms with E-state index in [4.69, 9.17) is 29.6 Å². The van der Waals surface area contributed by atoms with Crippen LogP contribution < -0.4 is 10.2 Å². The van der Waals surface area contributed by atoms with Crippen LogP contribution in [0.3, 0.4) is 0 Å². The average molecular weight is 665 g/mol. The number of aliphatic hydroxyl groups is 1. The molecule has 8 heteroatoms. The highest BCUT2D eigenvalue weighted by Crippen LogP contribution is 2.67. The number of likely N-dealkylation sites (N-methyl/N-ethyl adjacent to an activating group) is 1. The average Bonchev–Trinajstić information content (AvgIpc) is 3.37. The smallest absolute Gasteiger partial charge is 0.240 e. The normalized spacial score (nSPS) is 30.0. The van der Waals surface area contributed by atoms with Gasteiger partial charge in [0.05, 0.1) is 11.6 Å². The maximum atomic E-state index is 15.6. The molecule has 3 fully saturated rings. The highest BCUT2D eigenvalue weighted by atomic mass is 35.5. The molecule has 2 heterocycles. The monoisotopic (exact) mass is 663 g/mol. The highest BCUT2D eigenvalue weighted by Gasteiger charge is 2.75. The number of unbranched alkanes of at least 4 members (excludes halogenated alkanes) is 5. The number of terminal acetylenes is 1. The molecule has 1 saturated heterocycles. The topological polar surface area (TPSA) is 72.9 Å². The zero-order chi connectivity index (χ0) is 32.7. The lowest BCUT2D eigenvalue weighted by Gasteiger charge is -2.50. The van der Waals surface area contributed by atoms with E-state index in [0.29, 0.717) is 29.4 Å². The summed E-state index contributed by atoms with van der Waals surface area (Å²) in [6.45, 7) is 2.41. The van der Waals surface area contributed by atoms with E-state index < -0.39 is 28.5 Å². The second-order valence-electron chi connectivity index (χ2n) is 14.4.